The second kappa shape index (κ2) is 9.85. The lowest BCUT2D eigenvalue weighted by molar-refractivity contribution is -0.672. The Bertz CT molecular complexity index is 1670. The Balaban J connectivity index is 0.00000267. The van der Waals surface area contributed by atoms with Crippen LogP contribution in [0.5, 0.6) is 0 Å². The van der Waals surface area contributed by atoms with Gasteiger partial charge in [-0.1, -0.05) is 65.6 Å². The molecule has 36 heavy (non-hydrogen) atoms. The summed E-state index contributed by atoms with van der Waals surface area (Å²) in [6.45, 7) is 5.97. The van der Waals surface area contributed by atoms with E-state index < -0.39 is 0 Å². The molecule has 0 saturated heterocycles. The number of hydrogen-bond donors (Lipinski definition) is 0. The van der Waals surface area contributed by atoms with Crippen LogP contribution >= 0.6 is 0 Å². The van der Waals surface area contributed by atoms with Gasteiger partial charge in [0.05, 0.1) is 18.8 Å². The van der Waals surface area contributed by atoms with Gasteiger partial charge >= 0.3 is 5.65 Å². The Morgan fingerprint density at radius 2 is 1.47 bits per heavy atom. The standard InChI is InChI=1S/C30H28N5.HI/c1-4-34-27(35(5-2)30-29(34)31-24-16-10-11-17-25(24)32-30)20-19-23-22-15-9-12-18-26(22)33(3)28(23)21-13-7-6-8-14-21;/h6-20H,4-5H2,1-3H3;1H/q+1;/p-1. The Hall–Kier alpha value is -3.52. The predicted octanol–water partition coefficient (Wildman–Crippen LogP) is 3.24. The summed E-state index contributed by atoms with van der Waals surface area (Å²) in [5.41, 5.74) is 8.56. The van der Waals surface area contributed by atoms with E-state index in [0.717, 1.165) is 41.2 Å². The van der Waals surface area contributed by atoms with E-state index in [9.17, 15) is 0 Å². The van der Waals surface area contributed by atoms with E-state index in [2.05, 4.69) is 101 Å². The monoisotopic (exact) mass is 585 g/mol. The zero-order chi connectivity index (χ0) is 23.9. The van der Waals surface area contributed by atoms with Gasteiger partial charge in [-0.05, 0) is 43.7 Å². The Labute approximate surface area is 227 Å². The van der Waals surface area contributed by atoms with Crippen molar-refractivity contribution in [3.63, 3.8) is 0 Å². The first-order valence-electron chi connectivity index (χ1n) is 12.2. The van der Waals surface area contributed by atoms with Crippen molar-refractivity contribution in [2.24, 2.45) is 7.05 Å². The average molecular weight is 585 g/mol. The van der Waals surface area contributed by atoms with Crippen LogP contribution in [0, 0.1) is 0 Å². The molecule has 0 saturated carbocycles. The molecule has 6 heteroatoms. The van der Waals surface area contributed by atoms with Gasteiger partial charge in [-0.2, -0.15) is 0 Å². The molecule has 0 atom stereocenters. The highest BCUT2D eigenvalue weighted by molar-refractivity contribution is 5.99. The van der Waals surface area contributed by atoms with E-state index in [1.165, 1.54) is 27.7 Å². The topological polar surface area (TPSA) is 39.5 Å². The van der Waals surface area contributed by atoms with Gasteiger partial charge in [0.1, 0.15) is 5.52 Å². The van der Waals surface area contributed by atoms with Crippen LogP contribution in [-0.2, 0) is 20.1 Å². The highest BCUT2D eigenvalue weighted by Crippen LogP contribution is 2.34. The molecular formula is C30H28IN5. The molecule has 0 aliphatic heterocycles. The lowest BCUT2D eigenvalue weighted by Crippen LogP contribution is -3.00. The smallest absolute Gasteiger partial charge is 0.323 e. The summed E-state index contributed by atoms with van der Waals surface area (Å²) in [7, 11) is 2.15. The number of aryl methyl sites for hydroxylation is 3. The van der Waals surface area contributed by atoms with Crippen molar-refractivity contribution in [1.82, 2.24) is 19.1 Å². The zero-order valence-electron chi connectivity index (χ0n) is 20.7. The third kappa shape index (κ3) is 3.80. The predicted molar refractivity (Wildman–Crippen MR) is 144 cm³/mol. The first-order chi connectivity index (χ1) is 17.2. The largest absolute Gasteiger partial charge is 1.00 e. The molecule has 3 heterocycles. The summed E-state index contributed by atoms with van der Waals surface area (Å²) in [5, 5.41) is 1.24. The highest BCUT2D eigenvalue weighted by Gasteiger charge is 2.24. The Morgan fingerprint density at radius 3 is 2.19 bits per heavy atom. The number of nitrogens with zero attached hydrogens (tertiary/aromatic N) is 5. The lowest BCUT2D eigenvalue weighted by Gasteiger charge is -2.06. The number of aromatic nitrogens is 5. The lowest BCUT2D eigenvalue weighted by atomic mass is 10.0. The molecule has 0 unspecified atom stereocenters. The second-order valence-electron chi connectivity index (χ2n) is 8.74. The first kappa shape index (κ1) is 24.2. The molecule has 3 aromatic carbocycles. The normalized spacial score (nSPS) is 11.6. The van der Waals surface area contributed by atoms with Crippen LogP contribution < -0.4 is 28.5 Å². The summed E-state index contributed by atoms with van der Waals surface area (Å²) >= 11 is 0. The third-order valence-electron chi connectivity index (χ3n) is 6.82. The molecule has 0 aliphatic carbocycles. The number of imidazole rings is 1. The molecule has 6 rings (SSSR count). The minimum Gasteiger partial charge on any atom is -1.00 e. The number of rotatable bonds is 5. The van der Waals surface area contributed by atoms with E-state index >= 15 is 0 Å². The van der Waals surface area contributed by atoms with Crippen LogP contribution in [-0.4, -0.2) is 19.1 Å². The van der Waals surface area contributed by atoms with Crippen LogP contribution in [0.4, 0.5) is 0 Å². The molecule has 0 spiro atoms. The second-order valence-corrected chi connectivity index (χ2v) is 8.74. The number of fused-ring (bicyclic) bond motifs is 3. The number of hydrogen-bond acceptors (Lipinski definition) is 2. The van der Waals surface area contributed by atoms with Crippen molar-refractivity contribution in [2.45, 2.75) is 26.9 Å². The zero-order valence-corrected chi connectivity index (χ0v) is 22.8. The van der Waals surface area contributed by atoms with Crippen molar-refractivity contribution in [3.05, 3.63) is 90.3 Å². The fourth-order valence-electron chi connectivity index (χ4n) is 5.20. The van der Waals surface area contributed by atoms with Crippen molar-refractivity contribution >= 4 is 45.4 Å². The SMILES string of the molecule is CCn1c(/C=C/c2c(-c3ccccc3)n(C)c3ccccc23)[n+](CC)c2nc3ccccc3nc21.[I-]. The molecule has 0 N–H and O–H groups in total. The maximum absolute atomic E-state index is 4.99. The van der Waals surface area contributed by atoms with Crippen LogP contribution in [0.15, 0.2) is 78.9 Å². The van der Waals surface area contributed by atoms with Gasteiger partial charge < -0.3 is 28.5 Å². The summed E-state index contributed by atoms with van der Waals surface area (Å²) in [6, 6.07) is 27.3. The van der Waals surface area contributed by atoms with Gasteiger partial charge in [0, 0.05) is 29.6 Å². The minimum absolute atomic E-state index is 0. The van der Waals surface area contributed by atoms with Gasteiger partial charge in [0.15, 0.2) is 5.52 Å². The Kier molecular flexibility index (Phi) is 6.62. The molecule has 5 nitrogen and oxygen atoms in total. The minimum atomic E-state index is 0. The Morgan fingerprint density at radius 1 is 0.806 bits per heavy atom. The van der Waals surface area contributed by atoms with Crippen LogP contribution in [0.2, 0.25) is 0 Å². The molecule has 180 valence electrons. The number of benzene rings is 3. The molecule has 0 radical (unpaired) electrons. The molecule has 0 bridgehead atoms. The quantitative estimate of drug-likeness (QED) is 0.230. The van der Waals surface area contributed by atoms with Gasteiger partial charge in [-0.25, -0.2) is 14.1 Å². The van der Waals surface area contributed by atoms with E-state index in [1.54, 1.807) is 0 Å². The molecule has 0 aliphatic rings. The van der Waals surface area contributed by atoms with Gasteiger partial charge in [0.25, 0.3) is 5.65 Å². The fraction of sp³-hybridized carbons (Fsp3) is 0.167. The van der Waals surface area contributed by atoms with Crippen LogP contribution in [0.3, 0.4) is 0 Å². The van der Waals surface area contributed by atoms with Crippen molar-refractivity contribution in [3.8, 4) is 11.3 Å². The number of halogens is 1. The first-order valence-corrected chi connectivity index (χ1v) is 12.2. The van der Waals surface area contributed by atoms with Crippen LogP contribution in [0.25, 0.3) is 56.6 Å². The summed E-state index contributed by atoms with van der Waals surface area (Å²) in [6.07, 6.45) is 4.49. The summed E-state index contributed by atoms with van der Waals surface area (Å²) < 4.78 is 6.83. The molecule has 0 amide bonds. The van der Waals surface area contributed by atoms with Crippen LogP contribution in [0.1, 0.15) is 25.2 Å². The van der Waals surface area contributed by atoms with E-state index in [4.69, 9.17) is 9.97 Å². The molecule has 3 aromatic heterocycles. The maximum atomic E-state index is 4.99. The van der Waals surface area contributed by atoms with E-state index in [1.807, 2.05) is 24.3 Å². The third-order valence-corrected chi connectivity index (χ3v) is 6.82. The summed E-state index contributed by atoms with van der Waals surface area (Å²) in [4.78, 5) is 9.99. The van der Waals surface area contributed by atoms with Crippen molar-refractivity contribution in [2.75, 3.05) is 0 Å². The maximum Gasteiger partial charge on any atom is 0.323 e. The molecule has 0 fully saturated rings. The molecular weight excluding hydrogens is 557 g/mol. The molecule has 6 aromatic rings. The summed E-state index contributed by atoms with van der Waals surface area (Å²) in [5.74, 6) is 1.10. The van der Waals surface area contributed by atoms with E-state index in [-0.39, 0.29) is 24.0 Å². The van der Waals surface area contributed by atoms with Gasteiger partial charge in [-0.3, -0.25) is 0 Å². The average Bonchev–Trinajstić information content (AvgIpc) is 3.36. The van der Waals surface area contributed by atoms with Crippen molar-refractivity contribution < 1.29 is 28.5 Å². The van der Waals surface area contributed by atoms with Crippen molar-refractivity contribution in [1.29, 1.82) is 0 Å². The highest BCUT2D eigenvalue weighted by atomic mass is 127. The number of para-hydroxylation sites is 3. The van der Waals surface area contributed by atoms with Gasteiger partial charge in [0.2, 0.25) is 5.82 Å². The van der Waals surface area contributed by atoms with E-state index in [0.29, 0.717) is 0 Å². The van der Waals surface area contributed by atoms with Gasteiger partial charge in [-0.15, -0.1) is 0 Å². The fourth-order valence-corrected chi connectivity index (χ4v) is 5.20.